The van der Waals surface area contributed by atoms with Crippen LogP contribution in [0.5, 0.6) is 0 Å². The van der Waals surface area contributed by atoms with E-state index in [0.717, 1.165) is 30.6 Å². The van der Waals surface area contributed by atoms with Crippen molar-refractivity contribution in [1.82, 2.24) is 4.90 Å². The summed E-state index contributed by atoms with van der Waals surface area (Å²) in [7, 11) is 1.32. The highest BCUT2D eigenvalue weighted by molar-refractivity contribution is 9.10. The topological polar surface area (TPSA) is 116 Å². The third-order valence-corrected chi connectivity index (χ3v) is 6.51. The average Bonchev–Trinajstić information content (AvgIpc) is 3.22. The summed E-state index contributed by atoms with van der Waals surface area (Å²) in [6.07, 6.45) is 0.802. The number of carbonyl (C=O) groups is 3. The Morgan fingerprint density at radius 2 is 1.88 bits per heavy atom. The maximum absolute atomic E-state index is 13.6. The number of furan rings is 1. The minimum Gasteiger partial charge on any atom is -0.461 e. The van der Waals surface area contributed by atoms with E-state index in [0.29, 0.717) is 16.7 Å². The molecule has 10 heteroatoms. The Morgan fingerprint density at radius 1 is 1.24 bits per heavy atom. The molecule has 1 aromatic rings. The fourth-order valence-electron chi connectivity index (χ4n) is 4.51. The van der Waals surface area contributed by atoms with Gasteiger partial charge in [0.2, 0.25) is 0 Å². The number of halogens is 1. The van der Waals surface area contributed by atoms with Gasteiger partial charge in [-0.05, 0) is 54.6 Å². The average molecular weight is 546 g/mol. The smallest absolute Gasteiger partial charge is 0.417 e. The first kappa shape index (κ1) is 28.3. The molecule has 0 aliphatic carbocycles. The molecular weight excluding hydrogens is 510 g/mol. The van der Waals surface area contributed by atoms with Crippen LogP contribution in [0.2, 0.25) is 0 Å². The van der Waals surface area contributed by atoms with E-state index in [1.165, 1.54) is 14.0 Å². The van der Waals surface area contributed by atoms with Gasteiger partial charge in [0.15, 0.2) is 12.2 Å². The van der Waals surface area contributed by atoms with Crippen molar-refractivity contribution in [2.24, 2.45) is 5.92 Å². The van der Waals surface area contributed by atoms with Gasteiger partial charge in [0, 0.05) is 27.1 Å². The van der Waals surface area contributed by atoms with Gasteiger partial charge < -0.3 is 23.7 Å². The maximum atomic E-state index is 13.6. The van der Waals surface area contributed by atoms with E-state index in [9.17, 15) is 14.4 Å². The molecule has 0 radical (unpaired) electrons. The molecule has 2 rings (SSSR count). The number of methoxy groups -OCH3 is 1. The third-order valence-electron chi connectivity index (χ3n) is 5.84. The third kappa shape index (κ3) is 6.60. The molecule has 1 saturated heterocycles. The largest absolute Gasteiger partial charge is 0.461 e. The standard InChI is InChI=1S/C24H36BrNO8/c1-14(2)21-24(4,5)34-23(30)26(21)22(29)20(31-6)19(32-15(3)28)18-13-16(25)17(33-18)11-9-7-8-10-12-27/h13-14,19-21,27H,7-12H2,1-6H3/t19-,20+,21+/m1/s1. The second-order valence-electron chi connectivity index (χ2n) is 9.36. The van der Waals surface area contributed by atoms with E-state index in [2.05, 4.69) is 15.9 Å². The Hall–Kier alpha value is -1.91. The number of aryl methyl sites for hydroxylation is 1. The number of amides is 2. The second-order valence-corrected chi connectivity index (χ2v) is 10.2. The summed E-state index contributed by atoms with van der Waals surface area (Å²) in [5.41, 5.74) is -0.882. The Morgan fingerprint density at radius 3 is 2.44 bits per heavy atom. The van der Waals surface area contributed by atoms with E-state index < -0.39 is 41.8 Å². The molecule has 0 aromatic carbocycles. The van der Waals surface area contributed by atoms with Crippen molar-refractivity contribution in [3.8, 4) is 0 Å². The summed E-state index contributed by atoms with van der Waals surface area (Å²) in [6, 6.07) is 1.13. The first-order valence-electron chi connectivity index (χ1n) is 11.6. The van der Waals surface area contributed by atoms with Gasteiger partial charge in [0.1, 0.15) is 17.1 Å². The van der Waals surface area contributed by atoms with Crippen molar-refractivity contribution in [2.75, 3.05) is 13.7 Å². The van der Waals surface area contributed by atoms with Gasteiger partial charge in [-0.1, -0.05) is 26.7 Å². The van der Waals surface area contributed by atoms with Gasteiger partial charge in [-0.2, -0.15) is 0 Å². The molecule has 2 amide bonds. The summed E-state index contributed by atoms with van der Waals surface area (Å²) < 4.78 is 23.1. The summed E-state index contributed by atoms with van der Waals surface area (Å²) in [5, 5.41) is 8.91. The highest BCUT2D eigenvalue weighted by Gasteiger charge is 2.54. The zero-order chi connectivity index (χ0) is 25.6. The zero-order valence-corrected chi connectivity index (χ0v) is 22.3. The minimum atomic E-state index is -1.32. The molecule has 1 aliphatic rings. The van der Waals surface area contributed by atoms with Gasteiger partial charge in [0.05, 0.1) is 10.5 Å². The molecule has 192 valence electrons. The molecule has 0 unspecified atom stereocenters. The van der Waals surface area contributed by atoms with Gasteiger partial charge in [-0.25, -0.2) is 9.69 Å². The van der Waals surface area contributed by atoms with Crippen LogP contribution >= 0.6 is 15.9 Å². The van der Waals surface area contributed by atoms with Crippen molar-refractivity contribution in [1.29, 1.82) is 0 Å². The molecule has 9 nitrogen and oxygen atoms in total. The molecule has 3 atom stereocenters. The quantitative estimate of drug-likeness (QED) is 0.300. The molecule has 1 aromatic heterocycles. The van der Waals surface area contributed by atoms with Crippen LogP contribution in [0.25, 0.3) is 0 Å². The second kappa shape index (κ2) is 12.2. The highest BCUT2D eigenvalue weighted by atomic mass is 79.9. The van der Waals surface area contributed by atoms with E-state index in [1.807, 2.05) is 13.8 Å². The van der Waals surface area contributed by atoms with Crippen molar-refractivity contribution < 1.29 is 38.1 Å². The van der Waals surface area contributed by atoms with Crippen molar-refractivity contribution in [3.63, 3.8) is 0 Å². The molecule has 34 heavy (non-hydrogen) atoms. The molecular formula is C24H36BrNO8. The van der Waals surface area contributed by atoms with Crippen LogP contribution in [-0.4, -0.2) is 59.4 Å². The maximum Gasteiger partial charge on any atom is 0.417 e. The predicted molar refractivity (Wildman–Crippen MR) is 127 cm³/mol. The summed E-state index contributed by atoms with van der Waals surface area (Å²) in [4.78, 5) is 39.3. The monoisotopic (exact) mass is 545 g/mol. The molecule has 0 saturated carbocycles. The SMILES string of the molecule is CO[C@H](C(=O)N1C(=O)OC(C)(C)[C@@H]1C(C)C)[C@H](OC(C)=O)c1cc(Br)c(CCCCCCO)o1. The number of rotatable bonds is 12. The molecule has 1 fully saturated rings. The van der Waals surface area contributed by atoms with E-state index in [-0.39, 0.29) is 18.3 Å². The molecule has 0 bridgehead atoms. The predicted octanol–water partition coefficient (Wildman–Crippen LogP) is 4.54. The minimum absolute atomic E-state index is 0.0784. The number of esters is 1. The molecule has 2 heterocycles. The normalized spacial score (nSPS) is 19.3. The number of cyclic esters (lactones) is 1. The molecule has 1 aliphatic heterocycles. The summed E-state index contributed by atoms with van der Waals surface area (Å²) in [6.45, 7) is 8.71. The van der Waals surface area contributed by atoms with E-state index >= 15 is 0 Å². The van der Waals surface area contributed by atoms with Gasteiger partial charge in [-0.15, -0.1) is 0 Å². The van der Waals surface area contributed by atoms with Crippen LogP contribution < -0.4 is 0 Å². The summed E-state index contributed by atoms with van der Waals surface area (Å²) in [5.74, 6) is -0.477. The number of unbranched alkanes of at least 4 members (excludes halogenated alkanes) is 3. The van der Waals surface area contributed by atoms with Crippen LogP contribution in [0.15, 0.2) is 15.0 Å². The fourth-order valence-corrected chi connectivity index (χ4v) is 5.02. The number of carbonyl (C=O) groups excluding carboxylic acids is 3. The first-order chi connectivity index (χ1) is 15.9. The van der Waals surface area contributed by atoms with Crippen LogP contribution in [-0.2, 0) is 30.2 Å². The number of hydrogen-bond acceptors (Lipinski definition) is 8. The van der Waals surface area contributed by atoms with E-state index in [4.69, 9.17) is 23.7 Å². The lowest BCUT2D eigenvalue weighted by Crippen LogP contribution is -2.52. The lowest BCUT2D eigenvalue weighted by Gasteiger charge is -2.33. The number of ether oxygens (including phenoxy) is 3. The van der Waals surface area contributed by atoms with Crippen LogP contribution in [0.4, 0.5) is 4.79 Å². The number of imide groups is 1. The Kier molecular flexibility index (Phi) is 10.1. The molecule has 0 spiro atoms. The molecule has 1 N–H and O–H groups in total. The first-order valence-corrected chi connectivity index (χ1v) is 12.4. The van der Waals surface area contributed by atoms with Gasteiger partial charge in [0.25, 0.3) is 5.91 Å². The summed E-state index contributed by atoms with van der Waals surface area (Å²) >= 11 is 3.48. The van der Waals surface area contributed by atoms with E-state index in [1.54, 1.807) is 19.9 Å². The Bertz CT molecular complexity index is 865. The Labute approximate surface area is 209 Å². The van der Waals surface area contributed by atoms with Gasteiger partial charge >= 0.3 is 12.1 Å². The zero-order valence-electron chi connectivity index (χ0n) is 20.8. The number of aliphatic hydroxyl groups excluding tert-OH is 1. The van der Waals surface area contributed by atoms with Gasteiger partial charge in [-0.3, -0.25) is 9.59 Å². The van der Waals surface area contributed by atoms with Crippen molar-refractivity contribution >= 4 is 33.9 Å². The lowest BCUT2D eigenvalue weighted by molar-refractivity contribution is -0.165. The number of nitrogens with zero attached hydrogens (tertiary/aromatic N) is 1. The van der Waals surface area contributed by atoms with Crippen molar-refractivity contribution in [2.45, 2.75) is 90.6 Å². The fraction of sp³-hybridized carbons (Fsp3) is 0.708. The number of hydrogen-bond donors (Lipinski definition) is 1. The Balaban J connectivity index is 2.32. The van der Waals surface area contributed by atoms with Crippen LogP contribution in [0, 0.1) is 5.92 Å². The van der Waals surface area contributed by atoms with Crippen LogP contribution in [0.3, 0.4) is 0 Å². The van der Waals surface area contributed by atoms with Crippen LogP contribution in [0.1, 0.15) is 77.9 Å². The number of aliphatic hydroxyl groups is 1. The lowest BCUT2D eigenvalue weighted by atomic mass is 9.88. The van der Waals surface area contributed by atoms with Crippen molar-refractivity contribution in [3.05, 3.63) is 22.1 Å². The highest BCUT2D eigenvalue weighted by Crippen LogP contribution is 2.37.